The Balaban J connectivity index is 1.64. The van der Waals surface area contributed by atoms with Crippen LogP contribution in [0.15, 0.2) is 64.2 Å². The van der Waals surface area contributed by atoms with Crippen LogP contribution >= 0.6 is 39.1 Å². The Labute approximate surface area is 219 Å². The highest BCUT2D eigenvalue weighted by Gasteiger charge is 2.16. The zero-order valence-electron chi connectivity index (χ0n) is 18.5. The first-order valence-electron chi connectivity index (χ1n) is 10.0. The van der Waals surface area contributed by atoms with Crippen LogP contribution in [0.3, 0.4) is 0 Å². The molecular formula is C24H19BrCl2FN3O4. The van der Waals surface area contributed by atoms with Gasteiger partial charge in [-0.05, 0) is 55.5 Å². The summed E-state index contributed by atoms with van der Waals surface area (Å²) in [6.07, 6.45) is 0. The van der Waals surface area contributed by atoms with Crippen molar-refractivity contribution in [2.24, 2.45) is 5.10 Å². The topological polar surface area (TPSA) is 89.0 Å². The van der Waals surface area contributed by atoms with Gasteiger partial charge in [0.1, 0.15) is 12.4 Å². The number of hydrazone groups is 1. The smallest absolute Gasteiger partial charge is 0.329 e. The Hall–Kier alpha value is -3.14. The number of hydrogen-bond donors (Lipinski definition) is 2. The molecular weight excluding hydrogens is 564 g/mol. The minimum absolute atomic E-state index is 0.130. The van der Waals surface area contributed by atoms with Gasteiger partial charge in [0.2, 0.25) is 0 Å². The fraction of sp³-hybridized carbons (Fsp3) is 0.125. The lowest BCUT2D eigenvalue weighted by Gasteiger charge is -2.13. The fourth-order valence-corrected chi connectivity index (χ4v) is 3.62. The number of hydrogen-bond acceptors (Lipinski definition) is 5. The monoisotopic (exact) mass is 581 g/mol. The summed E-state index contributed by atoms with van der Waals surface area (Å²) in [6.45, 7) is 1.83. The predicted molar refractivity (Wildman–Crippen MR) is 137 cm³/mol. The third kappa shape index (κ3) is 7.17. The number of benzene rings is 3. The Morgan fingerprint density at radius 3 is 2.49 bits per heavy atom. The second-order valence-corrected chi connectivity index (χ2v) is 8.87. The normalized spacial score (nSPS) is 11.1. The Kier molecular flexibility index (Phi) is 9.08. The van der Waals surface area contributed by atoms with E-state index >= 15 is 0 Å². The van der Waals surface area contributed by atoms with Gasteiger partial charge < -0.3 is 14.8 Å². The fourth-order valence-electron chi connectivity index (χ4n) is 2.83. The molecule has 0 aliphatic rings. The van der Waals surface area contributed by atoms with E-state index in [1.54, 1.807) is 43.3 Å². The maximum absolute atomic E-state index is 13.9. The van der Waals surface area contributed by atoms with E-state index < -0.39 is 17.6 Å². The van der Waals surface area contributed by atoms with Crippen LogP contribution in [0.25, 0.3) is 0 Å². The molecule has 3 rings (SSSR count). The number of nitrogens with one attached hydrogen (secondary N) is 2. The van der Waals surface area contributed by atoms with Crippen LogP contribution in [0.2, 0.25) is 10.0 Å². The molecule has 0 saturated heterocycles. The number of carbonyl (C=O) groups is 2. The first-order valence-corrected chi connectivity index (χ1v) is 11.6. The zero-order chi connectivity index (χ0) is 25.5. The molecule has 2 N–H and O–H groups in total. The van der Waals surface area contributed by atoms with E-state index in [0.717, 1.165) is 5.56 Å². The van der Waals surface area contributed by atoms with Crippen molar-refractivity contribution in [3.63, 3.8) is 0 Å². The Bertz CT molecular complexity index is 1300. The molecule has 0 radical (unpaired) electrons. The number of ether oxygens (including phenoxy) is 2. The van der Waals surface area contributed by atoms with Gasteiger partial charge in [0.15, 0.2) is 11.5 Å². The van der Waals surface area contributed by atoms with E-state index in [-0.39, 0.29) is 12.3 Å². The van der Waals surface area contributed by atoms with Crippen LogP contribution in [-0.2, 0) is 16.2 Å². The molecule has 0 unspecified atom stereocenters. The average molecular weight is 583 g/mol. The van der Waals surface area contributed by atoms with Crippen molar-refractivity contribution in [1.29, 1.82) is 0 Å². The third-order valence-corrected chi connectivity index (χ3v) is 5.77. The quantitative estimate of drug-likeness (QED) is 0.204. The number of methoxy groups -OCH3 is 1. The molecule has 3 aromatic carbocycles. The molecule has 0 atom stereocenters. The van der Waals surface area contributed by atoms with Crippen LogP contribution < -0.4 is 20.2 Å². The van der Waals surface area contributed by atoms with Crippen LogP contribution in [0.5, 0.6) is 11.5 Å². The van der Waals surface area contributed by atoms with Crippen molar-refractivity contribution < 1.29 is 23.5 Å². The highest BCUT2D eigenvalue weighted by Crippen LogP contribution is 2.30. The lowest BCUT2D eigenvalue weighted by Crippen LogP contribution is -2.33. The summed E-state index contributed by atoms with van der Waals surface area (Å²) >= 11 is 15.2. The van der Waals surface area contributed by atoms with Gasteiger partial charge in [-0.1, -0.05) is 45.2 Å². The van der Waals surface area contributed by atoms with Crippen LogP contribution in [0.4, 0.5) is 10.1 Å². The molecule has 0 aromatic heterocycles. The summed E-state index contributed by atoms with van der Waals surface area (Å²) in [6, 6.07) is 14.2. The van der Waals surface area contributed by atoms with Crippen molar-refractivity contribution in [1.82, 2.24) is 5.43 Å². The van der Waals surface area contributed by atoms with Crippen molar-refractivity contribution in [2.45, 2.75) is 13.5 Å². The average Bonchev–Trinajstić information content (AvgIpc) is 2.83. The highest BCUT2D eigenvalue weighted by molar-refractivity contribution is 9.10. The lowest BCUT2D eigenvalue weighted by molar-refractivity contribution is -0.136. The molecule has 0 spiro atoms. The molecule has 0 saturated carbocycles. The van der Waals surface area contributed by atoms with Gasteiger partial charge in [-0.2, -0.15) is 5.10 Å². The van der Waals surface area contributed by atoms with Gasteiger partial charge in [-0.25, -0.2) is 9.82 Å². The molecule has 2 amide bonds. The van der Waals surface area contributed by atoms with Gasteiger partial charge in [0, 0.05) is 25.6 Å². The summed E-state index contributed by atoms with van der Waals surface area (Å²) < 4.78 is 25.6. The number of anilines is 1. The van der Waals surface area contributed by atoms with Crippen LogP contribution in [-0.4, -0.2) is 24.6 Å². The second kappa shape index (κ2) is 12.0. The zero-order valence-corrected chi connectivity index (χ0v) is 21.6. The Morgan fingerprint density at radius 1 is 1.03 bits per heavy atom. The molecule has 35 heavy (non-hydrogen) atoms. The minimum Gasteiger partial charge on any atom is -0.493 e. The molecule has 0 heterocycles. The SMILES string of the molecule is COc1cc(/C(C)=N/NC(=O)C(=O)Nc2ccc(Br)cc2F)ccc1OCc1ccc(Cl)cc1Cl. The molecule has 0 bridgehead atoms. The molecule has 11 heteroatoms. The van der Waals surface area contributed by atoms with Crippen molar-refractivity contribution in [2.75, 3.05) is 12.4 Å². The second-order valence-electron chi connectivity index (χ2n) is 7.11. The third-order valence-electron chi connectivity index (χ3n) is 4.69. The van der Waals surface area contributed by atoms with Gasteiger partial charge in [-0.3, -0.25) is 9.59 Å². The van der Waals surface area contributed by atoms with Crippen molar-refractivity contribution in [3.8, 4) is 11.5 Å². The number of nitrogens with zero attached hydrogens (tertiary/aromatic N) is 1. The summed E-state index contributed by atoms with van der Waals surface area (Å²) in [5.74, 6) is -1.91. The summed E-state index contributed by atoms with van der Waals surface area (Å²) in [5, 5.41) is 7.15. The van der Waals surface area contributed by atoms with E-state index in [4.69, 9.17) is 32.7 Å². The van der Waals surface area contributed by atoms with Crippen molar-refractivity contribution >= 4 is 62.3 Å². The Morgan fingerprint density at radius 2 is 1.80 bits per heavy atom. The lowest BCUT2D eigenvalue weighted by atomic mass is 10.1. The highest BCUT2D eigenvalue weighted by atomic mass is 79.9. The van der Waals surface area contributed by atoms with Crippen LogP contribution in [0, 0.1) is 5.82 Å². The first kappa shape index (κ1) is 26.5. The first-order chi connectivity index (χ1) is 16.7. The number of halogens is 4. The maximum atomic E-state index is 13.9. The van der Waals surface area contributed by atoms with Gasteiger partial charge in [-0.15, -0.1) is 0 Å². The predicted octanol–water partition coefficient (Wildman–Crippen LogP) is 5.96. The number of amides is 2. The molecule has 3 aromatic rings. The number of carbonyl (C=O) groups excluding carboxylic acids is 2. The minimum atomic E-state index is -1.06. The largest absolute Gasteiger partial charge is 0.493 e. The van der Waals surface area contributed by atoms with Gasteiger partial charge in [0.25, 0.3) is 0 Å². The molecule has 0 fully saturated rings. The van der Waals surface area contributed by atoms with E-state index in [0.29, 0.717) is 37.3 Å². The van der Waals surface area contributed by atoms with Crippen LogP contribution in [0.1, 0.15) is 18.1 Å². The molecule has 0 aliphatic carbocycles. The van der Waals surface area contributed by atoms with Gasteiger partial charge >= 0.3 is 11.8 Å². The van der Waals surface area contributed by atoms with Gasteiger partial charge in [0.05, 0.1) is 18.5 Å². The number of rotatable bonds is 7. The summed E-state index contributed by atoms with van der Waals surface area (Å²) in [7, 11) is 1.49. The maximum Gasteiger partial charge on any atom is 0.329 e. The van der Waals surface area contributed by atoms with E-state index in [9.17, 15) is 14.0 Å². The standard InChI is InChI=1S/C24H19BrCl2FN3O4/c1-13(30-31-24(33)23(32)29-20-7-5-16(25)10-19(20)28)14-4-8-21(22(9-14)34-2)35-12-15-3-6-17(26)11-18(15)27/h3-11H,12H2,1-2H3,(H,29,32)(H,31,33)/b30-13+. The van der Waals surface area contributed by atoms with E-state index in [2.05, 4.69) is 31.8 Å². The summed E-state index contributed by atoms with van der Waals surface area (Å²) in [5.41, 5.74) is 3.78. The molecule has 0 aliphatic heterocycles. The summed E-state index contributed by atoms with van der Waals surface area (Å²) in [4.78, 5) is 24.1. The van der Waals surface area contributed by atoms with E-state index in [1.807, 2.05) is 0 Å². The van der Waals surface area contributed by atoms with E-state index in [1.165, 1.54) is 25.3 Å². The van der Waals surface area contributed by atoms with Crippen molar-refractivity contribution in [3.05, 3.63) is 86.1 Å². The molecule has 7 nitrogen and oxygen atoms in total. The molecule has 182 valence electrons.